The largest absolute Gasteiger partial charge is 0.457 e. The van der Waals surface area contributed by atoms with E-state index in [1.54, 1.807) is 14.0 Å². The lowest BCUT2D eigenvalue weighted by Gasteiger charge is -2.46. The average molecular weight is 279 g/mol. The molecule has 1 unspecified atom stereocenters. The maximum Gasteiger partial charge on any atom is 0.359 e. The lowest BCUT2D eigenvalue weighted by molar-refractivity contribution is -0.159. The number of hydrogen-bond acceptors (Lipinski definition) is 5. The number of hydrogen-bond donors (Lipinski definition) is 1. The number of aromatic nitrogens is 2. The van der Waals surface area contributed by atoms with Gasteiger partial charge in [0.2, 0.25) is 0 Å². The van der Waals surface area contributed by atoms with Crippen molar-refractivity contribution in [3.63, 3.8) is 0 Å². The Bertz CT molecular complexity index is 534. The molecule has 6 nitrogen and oxygen atoms in total. The summed E-state index contributed by atoms with van der Waals surface area (Å²) < 4.78 is 13.0. The molecule has 1 aromatic rings. The van der Waals surface area contributed by atoms with Crippen LogP contribution in [-0.4, -0.2) is 34.1 Å². The van der Waals surface area contributed by atoms with Gasteiger partial charge in [-0.2, -0.15) is 5.10 Å². The predicted molar refractivity (Wildman–Crippen MR) is 73.3 cm³/mol. The van der Waals surface area contributed by atoms with Crippen molar-refractivity contribution in [2.75, 3.05) is 12.3 Å². The third-order valence-electron chi connectivity index (χ3n) is 4.45. The van der Waals surface area contributed by atoms with Gasteiger partial charge in [0.25, 0.3) is 0 Å². The zero-order valence-electron chi connectivity index (χ0n) is 12.0. The van der Waals surface area contributed by atoms with Crippen molar-refractivity contribution in [2.24, 2.45) is 7.05 Å². The number of aryl methyl sites for hydroxylation is 2. The molecule has 0 aromatic carbocycles. The van der Waals surface area contributed by atoms with Gasteiger partial charge in [0, 0.05) is 19.9 Å². The number of nitrogens with zero attached hydrogens (tertiary/aromatic N) is 2. The van der Waals surface area contributed by atoms with Gasteiger partial charge < -0.3 is 15.2 Å². The average Bonchev–Trinajstić information content (AvgIpc) is 2.61. The molecule has 2 heterocycles. The minimum absolute atomic E-state index is 0.0306. The maximum atomic E-state index is 12.3. The van der Waals surface area contributed by atoms with Crippen molar-refractivity contribution < 1.29 is 14.3 Å². The van der Waals surface area contributed by atoms with Gasteiger partial charge >= 0.3 is 5.97 Å². The summed E-state index contributed by atoms with van der Waals surface area (Å²) >= 11 is 0. The smallest absolute Gasteiger partial charge is 0.359 e. The van der Waals surface area contributed by atoms with Crippen LogP contribution in [0, 0.1) is 6.92 Å². The van der Waals surface area contributed by atoms with Gasteiger partial charge in [-0.25, -0.2) is 4.79 Å². The summed E-state index contributed by atoms with van der Waals surface area (Å²) in [4.78, 5) is 12.3. The van der Waals surface area contributed by atoms with Crippen molar-refractivity contribution in [1.82, 2.24) is 9.78 Å². The van der Waals surface area contributed by atoms with Crippen LogP contribution in [0.5, 0.6) is 0 Å². The molecule has 110 valence electrons. The first-order valence-corrected chi connectivity index (χ1v) is 7.15. The van der Waals surface area contributed by atoms with E-state index in [0.717, 1.165) is 25.7 Å². The molecule has 3 rings (SSSR count). The number of nitrogens with two attached hydrogens (primary N) is 1. The molecule has 0 bridgehead atoms. The highest BCUT2D eigenvalue weighted by Crippen LogP contribution is 2.43. The molecule has 1 saturated heterocycles. The SMILES string of the molecule is Cc1nn(C)c(C(=O)OC2CCOC3(CCC3)C2)c1N. The van der Waals surface area contributed by atoms with Crippen molar-refractivity contribution in [2.45, 2.75) is 50.7 Å². The molecule has 1 aliphatic heterocycles. The van der Waals surface area contributed by atoms with Crippen LogP contribution in [0.3, 0.4) is 0 Å². The second-order valence-corrected chi connectivity index (χ2v) is 5.88. The second kappa shape index (κ2) is 4.77. The van der Waals surface area contributed by atoms with Crippen molar-refractivity contribution in [1.29, 1.82) is 0 Å². The van der Waals surface area contributed by atoms with E-state index >= 15 is 0 Å². The lowest BCUT2D eigenvalue weighted by Crippen LogP contribution is -2.48. The van der Waals surface area contributed by atoms with Gasteiger partial charge in [-0.3, -0.25) is 4.68 Å². The fourth-order valence-electron chi connectivity index (χ4n) is 3.13. The van der Waals surface area contributed by atoms with Crippen LogP contribution >= 0.6 is 0 Å². The standard InChI is InChI=1S/C14H21N3O3/c1-9-11(15)12(17(2)16-9)13(18)20-10-4-7-19-14(8-10)5-3-6-14/h10H,3-8,15H2,1-2H3. The fourth-order valence-corrected chi connectivity index (χ4v) is 3.13. The zero-order chi connectivity index (χ0) is 14.3. The summed E-state index contributed by atoms with van der Waals surface area (Å²) in [6.45, 7) is 2.45. The van der Waals surface area contributed by atoms with Gasteiger partial charge in [-0.15, -0.1) is 0 Å². The Hall–Kier alpha value is -1.56. The first-order valence-electron chi connectivity index (χ1n) is 7.15. The summed E-state index contributed by atoms with van der Waals surface area (Å²) in [5, 5.41) is 4.15. The zero-order valence-corrected chi connectivity index (χ0v) is 12.0. The fraction of sp³-hybridized carbons (Fsp3) is 0.714. The van der Waals surface area contributed by atoms with E-state index in [4.69, 9.17) is 15.2 Å². The monoisotopic (exact) mass is 279 g/mol. The number of carbonyl (C=O) groups is 1. The molecular formula is C14H21N3O3. The summed E-state index contributed by atoms with van der Waals surface area (Å²) in [5.41, 5.74) is 7.26. The van der Waals surface area contributed by atoms with Gasteiger partial charge in [-0.05, 0) is 26.2 Å². The molecule has 2 fully saturated rings. The minimum Gasteiger partial charge on any atom is -0.457 e. The van der Waals surface area contributed by atoms with E-state index in [1.165, 1.54) is 11.1 Å². The first-order chi connectivity index (χ1) is 9.51. The highest BCUT2D eigenvalue weighted by Gasteiger charge is 2.43. The van der Waals surface area contributed by atoms with Crippen molar-refractivity contribution in [3.05, 3.63) is 11.4 Å². The number of nitrogen functional groups attached to an aromatic ring is 1. The number of carbonyl (C=O) groups excluding carboxylic acids is 1. The molecule has 20 heavy (non-hydrogen) atoms. The summed E-state index contributed by atoms with van der Waals surface area (Å²) in [6.07, 6.45) is 4.84. The molecule has 2 aliphatic rings. The third kappa shape index (κ3) is 2.18. The van der Waals surface area contributed by atoms with Gasteiger partial charge in [0.15, 0.2) is 5.69 Å². The topological polar surface area (TPSA) is 79.4 Å². The maximum absolute atomic E-state index is 12.3. The Balaban J connectivity index is 1.69. The third-order valence-corrected chi connectivity index (χ3v) is 4.45. The number of anilines is 1. The second-order valence-electron chi connectivity index (χ2n) is 5.88. The molecule has 0 amide bonds. The lowest BCUT2D eigenvalue weighted by atomic mass is 9.74. The quantitative estimate of drug-likeness (QED) is 0.831. The predicted octanol–water partition coefficient (Wildman–Crippen LogP) is 1.57. The Morgan fingerprint density at radius 2 is 2.30 bits per heavy atom. The Kier molecular flexibility index (Phi) is 3.20. The van der Waals surface area contributed by atoms with Crippen LogP contribution in [-0.2, 0) is 16.5 Å². The molecule has 2 N–H and O–H groups in total. The van der Waals surface area contributed by atoms with Crippen LogP contribution in [0.4, 0.5) is 5.69 Å². The molecule has 1 spiro atoms. The van der Waals surface area contributed by atoms with Gasteiger partial charge in [0.05, 0.1) is 23.6 Å². The molecule has 1 aromatic heterocycles. The van der Waals surface area contributed by atoms with Gasteiger partial charge in [-0.1, -0.05) is 0 Å². The first kappa shape index (κ1) is 13.4. The van der Waals surface area contributed by atoms with E-state index in [9.17, 15) is 4.79 Å². The van der Waals surface area contributed by atoms with E-state index in [1.807, 2.05) is 0 Å². The highest BCUT2D eigenvalue weighted by molar-refractivity contribution is 5.93. The van der Waals surface area contributed by atoms with Crippen molar-refractivity contribution >= 4 is 11.7 Å². The highest BCUT2D eigenvalue weighted by atomic mass is 16.6. The molecular weight excluding hydrogens is 258 g/mol. The van der Waals surface area contributed by atoms with Crippen LogP contribution < -0.4 is 5.73 Å². The Morgan fingerprint density at radius 3 is 2.85 bits per heavy atom. The molecule has 1 saturated carbocycles. The number of ether oxygens (including phenoxy) is 2. The number of esters is 1. The summed E-state index contributed by atoms with van der Waals surface area (Å²) in [5.74, 6) is -0.382. The summed E-state index contributed by atoms with van der Waals surface area (Å²) in [6, 6.07) is 0. The normalized spacial score (nSPS) is 24.4. The number of rotatable bonds is 2. The van der Waals surface area contributed by atoms with Crippen LogP contribution in [0.15, 0.2) is 0 Å². The van der Waals surface area contributed by atoms with Crippen molar-refractivity contribution in [3.8, 4) is 0 Å². The van der Waals surface area contributed by atoms with E-state index in [-0.39, 0.29) is 17.7 Å². The molecule has 6 heteroatoms. The minimum atomic E-state index is -0.382. The molecule has 0 radical (unpaired) electrons. The van der Waals surface area contributed by atoms with Crippen LogP contribution in [0.2, 0.25) is 0 Å². The Morgan fingerprint density at radius 1 is 1.55 bits per heavy atom. The van der Waals surface area contributed by atoms with E-state index < -0.39 is 0 Å². The van der Waals surface area contributed by atoms with E-state index in [0.29, 0.717) is 23.7 Å². The van der Waals surface area contributed by atoms with Gasteiger partial charge in [0.1, 0.15) is 6.10 Å². The van der Waals surface area contributed by atoms with Crippen LogP contribution in [0.25, 0.3) is 0 Å². The van der Waals surface area contributed by atoms with E-state index in [2.05, 4.69) is 5.10 Å². The van der Waals surface area contributed by atoms with Crippen LogP contribution in [0.1, 0.15) is 48.3 Å². The Labute approximate surface area is 118 Å². The molecule has 1 atom stereocenters. The molecule has 1 aliphatic carbocycles. The summed E-state index contributed by atoms with van der Waals surface area (Å²) in [7, 11) is 1.71.